The molecule has 3 heteroatoms. The number of nitrogens with one attached hydrogen (secondary N) is 1. The third kappa shape index (κ3) is 3.56. The molecule has 0 unspecified atom stereocenters. The first-order chi connectivity index (χ1) is 7.52. The monoisotopic (exact) mass is 236 g/mol. The molecule has 1 aromatic carbocycles. The summed E-state index contributed by atoms with van der Waals surface area (Å²) in [6.45, 7) is 6.53. The van der Waals surface area contributed by atoms with E-state index in [9.17, 15) is 0 Å². The molecule has 0 atom stereocenters. The van der Waals surface area contributed by atoms with Crippen molar-refractivity contribution in [3.63, 3.8) is 0 Å². The molecule has 0 amide bonds. The summed E-state index contributed by atoms with van der Waals surface area (Å²) in [6.07, 6.45) is 1.19. The molecular formula is C13H20N2S. The SMILES string of the molecule is Cc1cccc(C(=N)N)c1SCCC(C)C. The maximum Gasteiger partial charge on any atom is 0.123 e. The zero-order chi connectivity index (χ0) is 12.1. The van der Waals surface area contributed by atoms with Crippen LogP contribution in [0.15, 0.2) is 23.1 Å². The highest BCUT2D eigenvalue weighted by atomic mass is 32.2. The van der Waals surface area contributed by atoms with Gasteiger partial charge in [-0.2, -0.15) is 0 Å². The number of nitrogens with two attached hydrogens (primary N) is 1. The van der Waals surface area contributed by atoms with Gasteiger partial charge in [0.05, 0.1) is 0 Å². The maximum atomic E-state index is 7.56. The van der Waals surface area contributed by atoms with Gasteiger partial charge in [-0.3, -0.25) is 5.41 Å². The lowest BCUT2D eigenvalue weighted by atomic mass is 10.1. The molecule has 0 spiro atoms. The Morgan fingerprint density at radius 1 is 1.44 bits per heavy atom. The van der Waals surface area contributed by atoms with Gasteiger partial charge in [-0.05, 0) is 30.6 Å². The minimum atomic E-state index is 0.163. The summed E-state index contributed by atoms with van der Waals surface area (Å²) < 4.78 is 0. The van der Waals surface area contributed by atoms with E-state index in [-0.39, 0.29) is 5.84 Å². The Labute approximate surface area is 102 Å². The van der Waals surface area contributed by atoms with Crippen LogP contribution >= 0.6 is 11.8 Å². The molecule has 1 rings (SSSR count). The number of nitrogen functional groups attached to an aromatic ring is 1. The standard InChI is InChI=1S/C13H20N2S/c1-9(2)7-8-16-12-10(3)5-4-6-11(12)13(14)15/h4-6,9H,7-8H2,1-3H3,(H3,14,15). The Kier molecular flexibility index (Phi) is 4.87. The third-order valence-electron chi connectivity index (χ3n) is 2.44. The topological polar surface area (TPSA) is 49.9 Å². The largest absolute Gasteiger partial charge is 0.384 e. The third-order valence-corrected chi connectivity index (χ3v) is 3.71. The number of benzene rings is 1. The maximum absolute atomic E-state index is 7.56. The van der Waals surface area contributed by atoms with Crippen molar-refractivity contribution in [2.75, 3.05) is 5.75 Å². The van der Waals surface area contributed by atoms with Gasteiger partial charge in [0.2, 0.25) is 0 Å². The zero-order valence-electron chi connectivity index (χ0n) is 10.2. The highest BCUT2D eigenvalue weighted by Gasteiger charge is 2.08. The average Bonchev–Trinajstić information content (AvgIpc) is 2.19. The van der Waals surface area contributed by atoms with Crippen LogP contribution < -0.4 is 5.73 Å². The predicted molar refractivity (Wildman–Crippen MR) is 72.4 cm³/mol. The average molecular weight is 236 g/mol. The molecule has 0 radical (unpaired) electrons. The number of rotatable bonds is 5. The summed E-state index contributed by atoms with van der Waals surface area (Å²) in [4.78, 5) is 1.16. The van der Waals surface area contributed by atoms with E-state index in [1.807, 2.05) is 23.9 Å². The van der Waals surface area contributed by atoms with Gasteiger partial charge in [-0.15, -0.1) is 11.8 Å². The number of amidine groups is 1. The van der Waals surface area contributed by atoms with Gasteiger partial charge in [-0.1, -0.05) is 32.0 Å². The second-order valence-electron chi connectivity index (χ2n) is 4.40. The minimum absolute atomic E-state index is 0.163. The first-order valence-corrected chi connectivity index (χ1v) is 6.57. The van der Waals surface area contributed by atoms with Gasteiger partial charge in [0.1, 0.15) is 5.84 Å². The quantitative estimate of drug-likeness (QED) is 0.467. The number of aryl methyl sites for hydroxylation is 1. The molecule has 0 saturated carbocycles. The van der Waals surface area contributed by atoms with E-state index in [0.717, 1.165) is 22.1 Å². The van der Waals surface area contributed by atoms with Crippen molar-refractivity contribution in [1.82, 2.24) is 0 Å². The molecule has 0 bridgehead atoms. The molecular weight excluding hydrogens is 216 g/mol. The second kappa shape index (κ2) is 5.94. The van der Waals surface area contributed by atoms with E-state index in [1.165, 1.54) is 12.0 Å². The van der Waals surface area contributed by atoms with Crippen molar-refractivity contribution in [3.8, 4) is 0 Å². The van der Waals surface area contributed by atoms with Crippen LogP contribution in [0.25, 0.3) is 0 Å². The van der Waals surface area contributed by atoms with Crippen molar-refractivity contribution in [1.29, 1.82) is 5.41 Å². The Balaban J connectivity index is 2.80. The summed E-state index contributed by atoms with van der Waals surface area (Å²) >= 11 is 1.81. The second-order valence-corrected chi connectivity index (χ2v) is 5.50. The molecule has 0 aromatic heterocycles. The highest BCUT2D eigenvalue weighted by molar-refractivity contribution is 7.99. The first-order valence-electron chi connectivity index (χ1n) is 5.59. The van der Waals surface area contributed by atoms with Gasteiger partial charge in [0.15, 0.2) is 0 Å². The van der Waals surface area contributed by atoms with Crippen LogP contribution in [0.2, 0.25) is 0 Å². The van der Waals surface area contributed by atoms with E-state index in [1.54, 1.807) is 0 Å². The van der Waals surface area contributed by atoms with Crippen molar-refractivity contribution < 1.29 is 0 Å². The van der Waals surface area contributed by atoms with Gasteiger partial charge in [-0.25, -0.2) is 0 Å². The van der Waals surface area contributed by atoms with Crippen LogP contribution in [-0.4, -0.2) is 11.6 Å². The van der Waals surface area contributed by atoms with E-state index < -0.39 is 0 Å². The smallest absolute Gasteiger partial charge is 0.123 e. The Morgan fingerprint density at radius 3 is 2.69 bits per heavy atom. The fourth-order valence-corrected chi connectivity index (χ4v) is 2.88. The molecule has 0 aliphatic heterocycles. The van der Waals surface area contributed by atoms with E-state index in [0.29, 0.717) is 0 Å². The van der Waals surface area contributed by atoms with Gasteiger partial charge >= 0.3 is 0 Å². The van der Waals surface area contributed by atoms with Gasteiger partial charge < -0.3 is 5.73 Å². The van der Waals surface area contributed by atoms with Crippen molar-refractivity contribution >= 4 is 17.6 Å². The van der Waals surface area contributed by atoms with Crippen LogP contribution in [-0.2, 0) is 0 Å². The lowest BCUT2D eigenvalue weighted by Crippen LogP contribution is -2.13. The van der Waals surface area contributed by atoms with Crippen LogP contribution in [0.5, 0.6) is 0 Å². The molecule has 16 heavy (non-hydrogen) atoms. The Hall–Kier alpha value is -0.960. The molecule has 0 heterocycles. The molecule has 0 aliphatic rings. The first kappa shape index (κ1) is 13.1. The summed E-state index contributed by atoms with van der Waals surface area (Å²) in [5, 5.41) is 7.56. The summed E-state index contributed by atoms with van der Waals surface area (Å²) in [5.41, 5.74) is 7.66. The fourth-order valence-electron chi connectivity index (χ4n) is 1.45. The number of hydrogen-bond acceptors (Lipinski definition) is 2. The van der Waals surface area contributed by atoms with Crippen LogP contribution in [0, 0.1) is 18.3 Å². The molecule has 2 nitrogen and oxygen atoms in total. The zero-order valence-corrected chi connectivity index (χ0v) is 11.0. The van der Waals surface area contributed by atoms with E-state index >= 15 is 0 Å². The van der Waals surface area contributed by atoms with Crippen LogP contribution in [0.4, 0.5) is 0 Å². The van der Waals surface area contributed by atoms with Crippen LogP contribution in [0.3, 0.4) is 0 Å². The lowest BCUT2D eigenvalue weighted by molar-refractivity contribution is 0.632. The number of hydrogen-bond donors (Lipinski definition) is 2. The summed E-state index contributed by atoms with van der Waals surface area (Å²) in [5.74, 6) is 1.97. The van der Waals surface area contributed by atoms with Crippen molar-refractivity contribution in [2.45, 2.75) is 32.1 Å². The van der Waals surface area contributed by atoms with Gasteiger partial charge in [0, 0.05) is 10.5 Å². The predicted octanol–water partition coefficient (Wildman–Crippen LogP) is 3.42. The lowest BCUT2D eigenvalue weighted by Gasteiger charge is -2.11. The molecule has 88 valence electrons. The Bertz CT molecular complexity index is 372. The fraction of sp³-hybridized carbons (Fsp3) is 0.462. The molecule has 3 N–H and O–H groups in total. The van der Waals surface area contributed by atoms with E-state index in [2.05, 4.69) is 26.8 Å². The molecule has 0 saturated heterocycles. The molecule has 1 aromatic rings. The van der Waals surface area contributed by atoms with E-state index in [4.69, 9.17) is 11.1 Å². The molecule has 0 fully saturated rings. The normalized spacial score (nSPS) is 10.8. The summed E-state index contributed by atoms with van der Waals surface area (Å²) in [7, 11) is 0. The summed E-state index contributed by atoms with van der Waals surface area (Å²) in [6, 6.07) is 5.95. The van der Waals surface area contributed by atoms with Crippen LogP contribution in [0.1, 0.15) is 31.4 Å². The van der Waals surface area contributed by atoms with Gasteiger partial charge in [0.25, 0.3) is 0 Å². The van der Waals surface area contributed by atoms with Crippen molar-refractivity contribution in [2.24, 2.45) is 11.7 Å². The minimum Gasteiger partial charge on any atom is -0.384 e. The van der Waals surface area contributed by atoms with Crippen molar-refractivity contribution in [3.05, 3.63) is 29.3 Å². The number of thioether (sulfide) groups is 1. The molecule has 0 aliphatic carbocycles. The highest BCUT2D eigenvalue weighted by Crippen LogP contribution is 2.27. The Morgan fingerprint density at radius 2 is 2.12 bits per heavy atom.